The number of allylic oxidation sites excluding steroid dienone is 12. The first kappa shape index (κ1) is 40.7. The molecule has 1 aliphatic heterocycles. The first-order valence-electron chi connectivity index (χ1n) is 21.0. The largest absolute Gasteiger partial charge is 0.385 e. The van der Waals surface area contributed by atoms with Crippen molar-refractivity contribution >= 4 is 33.7 Å². The van der Waals surface area contributed by atoms with Crippen molar-refractivity contribution in [3.8, 4) is 0 Å². The summed E-state index contributed by atoms with van der Waals surface area (Å²) in [6, 6.07) is 43.5. The lowest BCUT2D eigenvalue weighted by molar-refractivity contribution is 0.344. The number of halogens is 1. The van der Waals surface area contributed by atoms with Crippen molar-refractivity contribution in [3.63, 3.8) is 0 Å². The van der Waals surface area contributed by atoms with E-state index in [0.717, 1.165) is 55.7 Å². The molecule has 1 heterocycles. The fraction of sp³-hybridized carbons (Fsp3) is 0.273. The quantitative estimate of drug-likeness (QED) is 0.100. The van der Waals surface area contributed by atoms with Gasteiger partial charge in [-0.1, -0.05) is 165 Å². The van der Waals surface area contributed by atoms with Gasteiger partial charge in [0.1, 0.15) is 0 Å². The van der Waals surface area contributed by atoms with Gasteiger partial charge >= 0.3 is 0 Å². The minimum atomic E-state index is -0.225. The van der Waals surface area contributed by atoms with Gasteiger partial charge in [0, 0.05) is 52.1 Å². The fourth-order valence-electron chi connectivity index (χ4n) is 9.23. The van der Waals surface area contributed by atoms with E-state index in [2.05, 4.69) is 208 Å². The molecule has 3 unspecified atom stereocenters. The lowest BCUT2D eigenvalue weighted by Gasteiger charge is -2.38. The molecule has 7 rings (SSSR count). The van der Waals surface area contributed by atoms with E-state index >= 15 is 0 Å². The van der Waals surface area contributed by atoms with Gasteiger partial charge in [-0.25, -0.2) is 0 Å². The average molecular weight is 782 g/mol. The van der Waals surface area contributed by atoms with Crippen molar-refractivity contribution in [2.75, 3.05) is 23.8 Å². The number of fused-ring (bicyclic) bond motifs is 3. The van der Waals surface area contributed by atoms with E-state index in [1.807, 2.05) is 12.1 Å². The number of nitrogens with one attached hydrogen (secondary N) is 1. The predicted octanol–water partition coefficient (Wildman–Crippen LogP) is 14.1. The Kier molecular flexibility index (Phi) is 13.2. The number of nitrogens with zero attached hydrogens (tertiary/aromatic N) is 1. The van der Waals surface area contributed by atoms with Crippen LogP contribution in [0.5, 0.6) is 0 Å². The number of hydrogen-bond donors (Lipinski definition) is 1. The molecule has 294 valence electrons. The van der Waals surface area contributed by atoms with Crippen LogP contribution in [-0.4, -0.2) is 13.6 Å². The summed E-state index contributed by atoms with van der Waals surface area (Å²) in [5.74, 6) is 1.04. The Labute approximate surface area is 353 Å². The molecule has 0 saturated carbocycles. The zero-order valence-corrected chi connectivity index (χ0v) is 35.4. The highest BCUT2D eigenvalue weighted by atomic mass is 35.5. The Morgan fingerprint density at radius 3 is 2.52 bits per heavy atom. The highest BCUT2D eigenvalue weighted by molar-refractivity contribution is 6.30. The summed E-state index contributed by atoms with van der Waals surface area (Å²) < 4.78 is 0. The number of anilines is 2. The molecule has 0 radical (unpaired) electrons. The summed E-state index contributed by atoms with van der Waals surface area (Å²) in [5, 5.41) is 7.20. The van der Waals surface area contributed by atoms with E-state index in [0.29, 0.717) is 11.8 Å². The molecule has 0 saturated heterocycles. The molecule has 0 spiro atoms. The molecule has 0 fully saturated rings. The lowest BCUT2D eigenvalue weighted by atomic mass is 9.66. The third kappa shape index (κ3) is 9.44. The van der Waals surface area contributed by atoms with Crippen LogP contribution < -0.4 is 10.2 Å². The van der Waals surface area contributed by atoms with Gasteiger partial charge in [0.2, 0.25) is 0 Å². The van der Waals surface area contributed by atoms with Crippen molar-refractivity contribution < 1.29 is 0 Å². The molecule has 1 aliphatic carbocycles. The third-order valence-electron chi connectivity index (χ3n) is 12.0. The van der Waals surface area contributed by atoms with E-state index in [-0.39, 0.29) is 10.8 Å². The maximum atomic E-state index is 6.84. The van der Waals surface area contributed by atoms with E-state index in [4.69, 9.17) is 11.6 Å². The van der Waals surface area contributed by atoms with Gasteiger partial charge < -0.3 is 10.2 Å². The maximum absolute atomic E-state index is 6.84. The monoisotopic (exact) mass is 780 g/mol. The summed E-state index contributed by atoms with van der Waals surface area (Å²) in [4.78, 5) is 2.39. The van der Waals surface area contributed by atoms with E-state index < -0.39 is 0 Å². The van der Waals surface area contributed by atoms with Crippen molar-refractivity contribution in [1.82, 2.24) is 0 Å². The summed E-state index contributed by atoms with van der Waals surface area (Å²) in [5.41, 5.74) is 8.52. The van der Waals surface area contributed by atoms with Crippen LogP contribution in [0.15, 0.2) is 176 Å². The van der Waals surface area contributed by atoms with Crippen molar-refractivity contribution in [1.29, 1.82) is 0 Å². The molecule has 1 N–H and O–H groups in total. The molecule has 2 aliphatic rings. The second-order valence-corrected chi connectivity index (χ2v) is 17.2. The van der Waals surface area contributed by atoms with Gasteiger partial charge in [0.15, 0.2) is 0 Å². The molecular weight excluding hydrogens is 724 g/mol. The predicted molar refractivity (Wildman–Crippen MR) is 250 cm³/mol. The SMILES string of the molecule is CC(C)CCNc1ccc(Cl)cc1C(C/C=C/C=C/C=C/C=C1/N(C)c2ccc3ccccc3c2C1(C)Cc1ccccc1)(Cc1c#cccc1)CC1C=CC=CC1. The van der Waals surface area contributed by atoms with Crippen LogP contribution >= 0.6 is 11.6 Å². The summed E-state index contributed by atoms with van der Waals surface area (Å²) >= 11 is 6.84. The number of hydrogen-bond acceptors (Lipinski definition) is 2. The Balaban J connectivity index is 1.17. The van der Waals surface area contributed by atoms with Gasteiger partial charge in [-0.15, -0.1) is 0 Å². The highest BCUT2D eigenvalue weighted by Gasteiger charge is 2.43. The van der Waals surface area contributed by atoms with Crippen LogP contribution in [0.25, 0.3) is 10.8 Å². The standard InChI is InChI=1S/C55H57ClN2/c1-42(2)35-37-57-50-33-32-47(56)38-49(50)55(40-44-24-14-10-15-25-44,41-45-26-16-11-17-27-45)36-21-8-6-5-7-18-30-52-54(3,39-43-22-12-9-13-23-43)53-48-29-20-19-28-46(48)31-34-51(53)58(52)4/h5-16,18-24,26,28-34,38,42,44,57H,25,35-37,39-41H2,1-4H3/b6-5+,18-7+,21-8+,52-30+. The molecule has 5 aromatic rings. The molecule has 0 amide bonds. The van der Waals surface area contributed by atoms with Crippen LogP contribution in [0.1, 0.15) is 68.7 Å². The Morgan fingerprint density at radius 1 is 0.914 bits per heavy atom. The van der Waals surface area contributed by atoms with Gasteiger partial charge in [-0.3, -0.25) is 0 Å². The molecule has 2 nitrogen and oxygen atoms in total. The average Bonchev–Trinajstić information content (AvgIpc) is 3.44. The minimum absolute atomic E-state index is 0.191. The Hall–Kier alpha value is -5.49. The van der Waals surface area contributed by atoms with Crippen molar-refractivity contribution in [2.24, 2.45) is 11.8 Å². The van der Waals surface area contributed by atoms with Gasteiger partial charge in [-0.2, -0.15) is 0 Å². The second kappa shape index (κ2) is 18.8. The third-order valence-corrected chi connectivity index (χ3v) is 12.3. The van der Waals surface area contributed by atoms with Crippen LogP contribution in [-0.2, 0) is 23.7 Å². The summed E-state index contributed by atoms with van der Waals surface area (Å²) in [6.45, 7) is 7.89. The normalized spacial score (nSPS) is 19.5. The second-order valence-electron chi connectivity index (χ2n) is 16.8. The maximum Gasteiger partial charge on any atom is 0.0454 e. The topological polar surface area (TPSA) is 15.3 Å². The molecule has 0 bridgehead atoms. The van der Waals surface area contributed by atoms with Gasteiger partial charge in [-0.05, 0) is 127 Å². The van der Waals surface area contributed by atoms with Gasteiger partial charge in [0.05, 0.1) is 0 Å². The van der Waals surface area contributed by atoms with Crippen LogP contribution in [0, 0.1) is 24.0 Å². The number of benzene rings is 4. The van der Waals surface area contributed by atoms with Crippen LogP contribution in [0.2, 0.25) is 5.02 Å². The summed E-state index contributed by atoms with van der Waals surface area (Å²) in [6.07, 6.45) is 30.3. The zero-order chi connectivity index (χ0) is 40.4. The lowest BCUT2D eigenvalue weighted by Crippen LogP contribution is -2.32. The van der Waals surface area contributed by atoms with Crippen LogP contribution in [0.4, 0.5) is 11.4 Å². The van der Waals surface area contributed by atoms with Crippen molar-refractivity contribution in [3.05, 3.63) is 215 Å². The molecule has 58 heavy (non-hydrogen) atoms. The molecule has 5 aromatic carbocycles. The molecule has 3 atom stereocenters. The van der Waals surface area contributed by atoms with E-state index in [1.165, 1.54) is 44.5 Å². The molecular formula is C55H57ClN2. The zero-order valence-electron chi connectivity index (χ0n) is 34.6. The van der Waals surface area contributed by atoms with E-state index in [9.17, 15) is 0 Å². The van der Waals surface area contributed by atoms with Crippen LogP contribution in [0.3, 0.4) is 0 Å². The first-order chi connectivity index (χ1) is 28.3. The molecule has 0 aromatic heterocycles. The van der Waals surface area contributed by atoms with Gasteiger partial charge in [0.25, 0.3) is 0 Å². The Bertz CT molecular complexity index is 2330. The number of rotatable bonds is 16. The van der Waals surface area contributed by atoms with E-state index in [1.54, 1.807) is 0 Å². The smallest absolute Gasteiger partial charge is 0.0454 e. The first-order valence-corrected chi connectivity index (χ1v) is 21.4. The summed E-state index contributed by atoms with van der Waals surface area (Å²) in [7, 11) is 2.21. The van der Waals surface area contributed by atoms with Crippen molar-refractivity contribution in [2.45, 2.75) is 70.1 Å². The highest BCUT2D eigenvalue weighted by Crippen LogP contribution is 2.52. The molecule has 3 heteroatoms. The minimum Gasteiger partial charge on any atom is -0.385 e. The number of likely N-dealkylation sites (N-methyl/N-ethyl adjacent to an activating group) is 1. The fourth-order valence-corrected chi connectivity index (χ4v) is 9.40. The Morgan fingerprint density at radius 2 is 1.72 bits per heavy atom.